The van der Waals surface area contributed by atoms with Crippen LogP contribution in [0.25, 0.3) is 10.9 Å². The summed E-state index contributed by atoms with van der Waals surface area (Å²) in [6.07, 6.45) is 1.64. The molecule has 1 N–H and O–H groups in total. The summed E-state index contributed by atoms with van der Waals surface area (Å²) in [6.45, 7) is 0. The minimum atomic E-state index is 0.310. The standard InChI is InChI=1S/C17H17N3S/c1-18-16(13-7-3-2-4-8-13)11-21-17-14-9-5-6-10-15(14)19-12-20-17/h2-10,12,16,18H,11H2,1H3. The Morgan fingerprint density at radius 3 is 2.57 bits per heavy atom. The summed E-state index contributed by atoms with van der Waals surface area (Å²) in [7, 11) is 2.00. The van der Waals surface area contributed by atoms with Gasteiger partial charge < -0.3 is 5.32 Å². The fourth-order valence-corrected chi connectivity index (χ4v) is 3.42. The van der Waals surface area contributed by atoms with E-state index in [1.807, 2.05) is 31.3 Å². The smallest absolute Gasteiger partial charge is 0.117 e. The number of nitrogens with zero attached hydrogens (tertiary/aromatic N) is 2. The molecule has 3 rings (SSSR count). The van der Waals surface area contributed by atoms with Crippen LogP contribution in [0.2, 0.25) is 0 Å². The molecule has 3 aromatic rings. The Kier molecular flexibility index (Phi) is 4.48. The van der Waals surface area contributed by atoms with E-state index >= 15 is 0 Å². The van der Waals surface area contributed by atoms with Crippen molar-refractivity contribution < 1.29 is 0 Å². The van der Waals surface area contributed by atoms with Crippen molar-refractivity contribution in [2.45, 2.75) is 11.1 Å². The van der Waals surface area contributed by atoms with Gasteiger partial charge >= 0.3 is 0 Å². The second kappa shape index (κ2) is 6.70. The van der Waals surface area contributed by atoms with Gasteiger partial charge in [0.15, 0.2) is 0 Å². The number of aromatic nitrogens is 2. The topological polar surface area (TPSA) is 37.8 Å². The Hall–Kier alpha value is -1.91. The predicted octanol–water partition coefficient (Wildman–Crippen LogP) is 3.68. The van der Waals surface area contributed by atoms with E-state index in [0.717, 1.165) is 21.7 Å². The van der Waals surface area contributed by atoms with Gasteiger partial charge in [0.25, 0.3) is 0 Å². The first-order valence-corrected chi connectivity index (χ1v) is 7.92. The summed E-state index contributed by atoms with van der Waals surface area (Å²) in [5, 5.41) is 5.53. The first kappa shape index (κ1) is 14.0. The highest BCUT2D eigenvalue weighted by Crippen LogP contribution is 2.27. The molecule has 0 radical (unpaired) electrons. The molecule has 0 aliphatic heterocycles. The van der Waals surface area contributed by atoms with Crippen LogP contribution < -0.4 is 5.32 Å². The zero-order valence-corrected chi connectivity index (χ0v) is 12.7. The lowest BCUT2D eigenvalue weighted by atomic mass is 10.1. The second-order valence-corrected chi connectivity index (χ2v) is 5.77. The van der Waals surface area contributed by atoms with Crippen LogP contribution in [0, 0.1) is 0 Å². The molecule has 0 aliphatic carbocycles. The van der Waals surface area contributed by atoms with E-state index in [4.69, 9.17) is 0 Å². The molecule has 21 heavy (non-hydrogen) atoms. The number of benzene rings is 2. The number of fused-ring (bicyclic) bond motifs is 1. The Morgan fingerprint density at radius 2 is 1.76 bits per heavy atom. The van der Waals surface area contributed by atoms with Gasteiger partial charge in [-0.25, -0.2) is 9.97 Å². The normalized spacial score (nSPS) is 12.4. The zero-order chi connectivity index (χ0) is 14.5. The molecule has 0 fully saturated rings. The Balaban J connectivity index is 1.79. The molecule has 106 valence electrons. The van der Waals surface area contributed by atoms with Crippen LogP contribution in [0.5, 0.6) is 0 Å². The fourth-order valence-electron chi connectivity index (χ4n) is 2.29. The van der Waals surface area contributed by atoms with E-state index in [0.29, 0.717) is 6.04 Å². The summed E-state index contributed by atoms with van der Waals surface area (Å²) in [6, 6.07) is 18.9. The Morgan fingerprint density at radius 1 is 1.00 bits per heavy atom. The van der Waals surface area contributed by atoms with Crippen molar-refractivity contribution in [3.63, 3.8) is 0 Å². The van der Waals surface area contributed by atoms with Gasteiger partial charge in [0.2, 0.25) is 0 Å². The molecule has 0 saturated carbocycles. The summed E-state index contributed by atoms with van der Waals surface area (Å²) in [4.78, 5) is 8.74. The third-order valence-electron chi connectivity index (χ3n) is 3.44. The van der Waals surface area contributed by atoms with Crippen LogP contribution in [-0.4, -0.2) is 22.8 Å². The van der Waals surface area contributed by atoms with Gasteiger partial charge in [-0.05, 0) is 18.7 Å². The fraction of sp³-hybridized carbons (Fsp3) is 0.176. The maximum atomic E-state index is 4.43. The molecule has 1 unspecified atom stereocenters. The zero-order valence-electron chi connectivity index (χ0n) is 11.9. The molecule has 0 amide bonds. The van der Waals surface area contributed by atoms with Crippen LogP contribution in [-0.2, 0) is 0 Å². The van der Waals surface area contributed by atoms with Crippen molar-refractivity contribution in [2.75, 3.05) is 12.8 Å². The van der Waals surface area contributed by atoms with Crippen molar-refractivity contribution >= 4 is 22.7 Å². The molecule has 1 heterocycles. The summed E-state index contributed by atoms with van der Waals surface area (Å²) < 4.78 is 0. The summed E-state index contributed by atoms with van der Waals surface area (Å²) in [5.74, 6) is 0.932. The third-order valence-corrected chi connectivity index (χ3v) is 4.54. The molecule has 0 bridgehead atoms. The average molecular weight is 295 g/mol. The minimum Gasteiger partial charge on any atom is -0.312 e. The van der Waals surface area contributed by atoms with E-state index < -0.39 is 0 Å². The number of nitrogens with one attached hydrogen (secondary N) is 1. The highest BCUT2D eigenvalue weighted by Gasteiger charge is 2.11. The summed E-state index contributed by atoms with van der Waals surface area (Å²) >= 11 is 1.76. The minimum absolute atomic E-state index is 0.310. The third kappa shape index (κ3) is 3.23. The molecule has 0 saturated heterocycles. The SMILES string of the molecule is CNC(CSc1ncnc2ccccc12)c1ccccc1. The van der Waals surface area contributed by atoms with Crippen molar-refractivity contribution in [1.82, 2.24) is 15.3 Å². The maximum Gasteiger partial charge on any atom is 0.117 e. The molecule has 3 nitrogen and oxygen atoms in total. The second-order valence-electron chi connectivity index (χ2n) is 4.76. The van der Waals surface area contributed by atoms with Crippen LogP contribution in [0.4, 0.5) is 0 Å². The molecule has 0 spiro atoms. The lowest BCUT2D eigenvalue weighted by Crippen LogP contribution is -2.18. The first-order chi connectivity index (χ1) is 10.4. The first-order valence-electron chi connectivity index (χ1n) is 6.93. The number of para-hydroxylation sites is 1. The summed E-state index contributed by atoms with van der Waals surface area (Å²) in [5.41, 5.74) is 2.29. The lowest BCUT2D eigenvalue weighted by Gasteiger charge is -2.16. The number of hydrogen-bond acceptors (Lipinski definition) is 4. The molecule has 2 aromatic carbocycles. The number of hydrogen-bond donors (Lipinski definition) is 1. The van der Waals surface area contributed by atoms with Gasteiger partial charge in [-0.2, -0.15) is 0 Å². The van der Waals surface area contributed by atoms with Crippen molar-refractivity contribution in [1.29, 1.82) is 0 Å². The van der Waals surface area contributed by atoms with Gasteiger partial charge in [-0.15, -0.1) is 11.8 Å². The molecule has 4 heteroatoms. The van der Waals surface area contributed by atoms with Crippen LogP contribution in [0.1, 0.15) is 11.6 Å². The van der Waals surface area contributed by atoms with Crippen molar-refractivity contribution in [3.05, 3.63) is 66.5 Å². The molecular weight excluding hydrogens is 278 g/mol. The van der Waals surface area contributed by atoms with Crippen LogP contribution >= 0.6 is 11.8 Å². The van der Waals surface area contributed by atoms with Crippen LogP contribution in [0.15, 0.2) is 66.0 Å². The van der Waals surface area contributed by atoms with Gasteiger partial charge in [0, 0.05) is 17.2 Å². The van der Waals surface area contributed by atoms with E-state index in [1.165, 1.54) is 5.56 Å². The molecular formula is C17H17N3S. The Labute approximate surface area is 128 Å². The predicted molar refractivity (Wildman–Crippen MR) is 88.5 cm³/mol. The van der Waals surface area contributed by atoms with E-state index in [1.54, 1.807) is 18.1 Å². The van der Waals surface area contributed by atoms with Gasteiger partial charge in [-0.3, -0.25) is 0 Å². The highest BCUT2D eigenvalue weighted by molar-refractivity contribution is 7.99. The number of thioether (sulfide) groups is 1. The monoisotopic (exact) mass is 295 g/mol. The van der Waals surface area contributed by atoms with Gasteiger partial charge in [-0.1, -0.05) is 48.5 Å². The van der Waals surface area contributed by atoms with Gasteiger partial charge in [0.1, 0.15) is 11.4 Å². The largest absolute Gasteiger partial charge is 0.312 e. The quantitative estimate of drug-likeness (QED) is 0.575. The van der Waals surface area contributed by atoms with E-state index in [2.05, 4.69) is 45.6 Å². The van der Waals surface area contributed by atoms with Gasteiger partial charge in [0.05, 0.1) is 5.52 Å². The van der Waals surface area contributed by atoms with E-state index in [9.17, 15) is 0 Å². The number of rotatable bonds is 5. The Bertz CT molecular complexity index is 710. The van der Waals surface area contributed by atoms with E-state index in [-0.39, 0.29) is 0 Å². The molecule has 0 aliphatic rings. The highest BCUT2D eigenvalue weighted by atomic mass is 32.2. The van der Waals surface area contributed by atoms with Crippen LogP contribution in [0.3, 0.4) is 0 Å². The lowest BCUT2D eigenvalue weighted by molar-refractivity contribution is 0.661. The maximum absolute atomic E-state index is 4.43. The van der Waals surface area contributed by atoms with Crippen molar-refractivity contribution in [3.8, 4) is 0 Å². The average Bonchev–Trinajstić information content (AvgIpc) is 2.56. The molecule has 1 aromatic heterocycles. The molecule has 1 atom stereocenters. The van der Waals surface area contributed by atoms with Crippen molar-refractivity contribution in [2.24, 2.45) is 0 Å².